The number of unbranched alkanes of at least 4 members (excludes halogenated alkanes) is 6. The number of amides is 1. The average Bonchev–Trinajstić information content (AvgIpc) is 3.88. The van der Waals surface area contributed by atoms with Crippen LogP contribution in [0.3, 0.4) is 0 Å². The molecule has 54 heavy (non-hydrogen) atoms. The van der Waals surface area contributed by atoms with E-state index >= 15 is 17.6 Å². The molecule has 14 heteroatoms. The first-order valence-electron chi connectivity index (χ1n) is 17.5. The number of rotatable bonds is 14. The molecule has 6 aromatic rings. The summed E-state index contributed by atoms with van der Waals surface area (Å²) in [5, 5.41) is 6.54. The van der Waals surface area contributed by atoms with Crippen LogP contribution in [0.15, 0.2) is 41.4 Å². The van der Waals surface area contributed by atoms with Gasteiger partial charge in [-0.05, 0) is 66.6 Å². The molecule has 4 nitrogen and oxygen atoms in total. The van der Waals surface area contributed by atoms with Crippen molar-refractivity contribution in [3.8, 4) is 25.9 Å². The Balaban J connectivity index is 1.49. The number of carbonyl (C=O) groups is 1. The van der Waals surface area contributed by atoms with E-state index in [0.717, 1.165) is 90.0 Å². The smallest absolute Gasteiger partial charge is 0.431 e. The Kier molecular flexibility index (Phi) is 11.9. The van der Waals surface area contributed by atoms with Crippen LogP contribution in [0.1, 0.15) is 81.2 Å². The molecule has 284 valence electrons. The zero-order valence-corrected chi connectivity index (χ0v) is 30.8. The van der Waals surface area contributed by atoms with Crippen molar-refractivity contribution in [3.63, 3.8) is 0 Å². The molecular formula is C40H34F8N2O2S2. The summed E-state index contributed by atoms with van der Waals surface area (Å²) < 4.78 is 119. The number of benzene rings is 3. The number of carboxylic acid groups (broad SMARTS) is 1. The van der Waals surface area contributed by atoms with Gasteiger partial charge in [0.05, 0.1) is 28.0 Å². The van der Waals surface area contributed by atoms with Crippen molar-refractivity contribution in [3.05, 3.63) is 98.9 Å². The van der Waals surface area contributed by atoms with E-state index in [2.05, 4.69) is 24.9 Å². The Morgan fingerprint density at radius 2 is 1.15 bits per heavy atom. The van der Waals surface area contributed by atoms with Gasteiger partial charge in [0.15, 0.2) is 46.5 Å². The molecule has 6 rings (SSSR count). The van der Waals surface area contributed by atoms with E-state index in [1.807, 2.05) is 6.07 Å². The highest BCUT2D eigenvalue weighted by Gasteiger charge is 2.33. The molecule has 3 aromatic carbocycles. The highest BCUT2D eigenvalue weighted by molar-refractivity contribution is 7.24. The SMILES string of the molecule is CCCCCCc1cc(-c2sc(/C=N/C(=O)O)cc2CCCCCC)sc1-c1ccc(-n2c3c(F)c(F)c(F)c(F)c3c3c(F)c(F)c(F)c(F)c32)cc1. The van der Waals surface area contributed by atoms with E-state index in [1.54, 1.807) is 12.1 Å². The quantitative estimate of drug-likeness (QED) is 0.0393. The minimum atomic E-state index is -2.32. The summed E-state index contributed by atoms with van der Waals surface area (Å²) in [6.45, 7) is 4.23. The maximum absolute atomic E-state index is 15.4. The standard InChI is InChI=1S/C40H34F8N2O2S2/c1-3-5-7-9-11-21-17-24(19-49-40(51)52)53-39(21)25-18-22(12-10-8-6-4-2)38(54-25)20-13-15-23(16-14-20)50-36-26(28(41)30(43)32(45)34(36)47)27-29(42)31(44)33(46)35(48)37(27)50/h13-19H,3-12H2,1-2H3,(H,51,52)/b49-19+. The molecule has 1 amide bonds. The van der Waals surface area contributed by atoms with Crippen LogP contribution in [0.25, 0.3) is 47.7 Å². The molecule has 0 atom stereocenters. The van der Waals surface area contributed by atoms with Gasteiger partial charge in [-0.3, -0.25) is 0 Å². The number of hydrogen-bond donors (Lipinski definition) is 1. The molecule has 0 aliphatic rings. The molecule has 3 aromatic heterocycles. The largest absolute Gasteiger partial charge is 0.463 e. The van der Waals surface area contributed by atoms with Crippen molar-refractivity contribution >= 4 is 56.8 Å². The summed E-state index contributed by atoms with van der Waals surface area (Å²) >= 11 is 2.92. The fourth-order valence-electron chi connectivity index (χ4n) is 6.73. The van der Waals surface area contributed by atoms with Crippen molar-refractivity contribution in [2.24, 2.45) is 4.99 Å². The summed E-state index contributed by atoms with van der Waals surface area (Å²) in [4.78, 5) is 18.1. The Labute approximate surface area is 313 Å². The number of aryl methyl sites for hydroxylation is 2. The van der Waals surface area contributed by atoms with Crippen LogP contribution >= 0.6 is 22.7 Å². The number of fused-ring (bicyclic) bond motifs is 3. The zero-order chi connectivity index (χ0) is 38.8. The zero-order valence-electron chi connectivity index (χ0n) is 29.2. The predicted molar refractivity (Wildman–Crippen MR) is 198 cm³/mol. The first-order chi connectivity index (χ1) is 25.9. The van der Waals surface area contributed by atoms with Gasteiger partial charge in [-0.1, -0.05) is 64.5 Å². The minimum Gasteiger partial charge on any atom is -0.463 e. The van der Waals surface area contributed by atoms with Gasteiger partial charge < -0.3 is 9.67 Å². The van der Waals surface area contributed by atoms with Crippen molar-refractivity contribution in [1.82, 2.24) is 4.57 Å². The van der Waals surface area contributed by atoms with Crippen LogP contribution in [0.2, 0.25) is 0 Å². The Morgan fingerprint density at radius 3 is 1.65 bits per heavy atom. The normalized spacial score (nSPS) is 12.0. The number of nitrogens with zero attached hydrogens (tertiary/aromatic N) is 2. The molecule has 0 unspecified atom stereocenters. The summed E-state index contributed by atoms with van der Waals surface area (Å²) in [6.07, 6.45) is 9.62. The van der Waals surface area contributed by atoms with E-state index < -0.39 is 74.4 Å². The fourth-order valence-corrected chi connectivity index (χ4v) is 9.17. The summed E-state index contributed by atoms with van der Waals surface area (Å²) in [5.74, 6) is -17.4. The number of aliphatic imine (C=N–C) groups is 1. The van der Waals surface area contributed by atoms with Gasteiger partial charge in [0.2, 0.25) is 0 Å². The Morgan fingerprint density at radius 1 is 0.648 bits per heavy atom. The first kappa shape index (κ1) is 39.1. The summed E-state index contributed by atoms with van der Waals surface area (Å²) in [5.41, 5.74) is 0.257. The highest BCUT2D eigenvalue weighted by Crippen LogP contribution is 2.45. The predicted octanol–water partition coefficient (Wildman–Crippen LogP) is 13.7. The average molecular weight is 791 g/mol. The summed E-state index contributed by atoms with van der Waals surface area (Å²) in [6, 6.07) is 9.85. The lowest BCUT2D eigenvalue weighted by Gasteiger charge is -2.11. The number of aromatic nitrogens is 1. The minimum absolute atomic E-state index is 0.191. The molecule has 0 saturated heterocycles. The van der Waals surface area contributed by atoms with E-state index in [1.165, 1.54) is 41.0 Å². The Hall–Kier alpha value is -4.56. The van der Waals surface area contributed by atoms with Crippen LogP contribution in [0.5, 0.6) is 0 Å². The number of halogens is 8. The summed E-state index contributed by atoms with van der Waals surface area (Å²) in [7, 11) is 0. The van der Waals surface area contributed by atoms with Crippen LogP contribution < -0.4 is 0 Å². The maximum atomic E-state index is 15.4. The molecule has 0 spiro atoms. The number of thiophene rings is 2. The second-order valence-electron chi connectivity index (χ2n) is 13.0. The molecule has 0 aliphatic heterocycles. The Bertz CT molecular complexity index is 2320. The van der Waals surface area contributed by atoms with Crippen molar-refractivity contribution < 1.29 is 45.0 Å². The molecular weight excluding hydrogens is 757 g/mol. The van der Waals surface area contributed by atoms with Crippen molar-refractivity contribution in [2.75, 3.05) is 0 Å². The van der Waals surface area contributed by atoms with E-state index in [9.17, 15) is 22.4 Å². The van der Waals surface area contributed by atoms with Gasteiger partial charge in [0, 0.05) is 25.2 Å². The van der Waals surface area contributed by atoms with E-state index in [0.29, 0.717) is 15.0 Å². The van der Waals surface area contributed by atoms with E-state index in [4.69, 9.17) is 5.11 Å². The van der Waals surface area contributed by atoms with Crippen LogP contribution in [0.4, 0.5) is 39.9 Å². The third kappa shape index (κ3) is 7.29. The topological polar surface area (TPSA) is 54.6 Å². The van der Waals surface area contributed by atoms with Gasteiger partial charge in [-0.15, -0.1) is 22.7 Å². The van der Waals surface area contributed by atoms with Gasteiger partial charge in [0.25, 0.3) is 0 Å². The van der Waals surface area contributed by atoms with Gasteiger partial charge in [0.1, 0.15) is 0 Å². The van der Waals surface area contributed by atoms with E-state index in [-0.39, 0.29) is 5.69 Å². The molecule has 0 fully saturated rings. The lowest BCUT2D eigenvalue weighted by atomic mass is 10.0. The molecule has 0 radical (unpaired) electrons. The van der Waals surface area contributed by atoms with Crippen LogP contribution in [0, 0.1) is 46.5 Å². The monoisotopic (exact) mass is 790 g/mol. The van der Waals surface area contributed by atoms with Crippen LogP contribution in [-0.2, 0) is 12.8 Å². The second-order valence-corrected chi connectivity index (χ2v) is 15.1. The molecule has 0 aliphatic carbocycles. The van der Waals surface area contributed by atoms with Crippen LogP contribution in [-0.4, -0.2) is 22.0 Å². The first-order valence-corrected chi connectivity index (χ1v) is 19.2. The number of hydrogen-bond acceptors (Lipinski definition) is 3. The van der Waals surface area contributed by atoms with Gasteiger partial charge in [-0.2, -0.15) is 4.99 Å². The van der Waals surface area contributed by atoms with Gasteiger partial charge in [-0.25, -0.2) is 39.9 Å². The molecule has 0 saturated carbocycles. The molecule has 1 N–H and O–H groups in total. The fraction of sp³-hybridized carbons (Fsp3) is 0.300. The highest BCUT2D eigenvalue weighted by atomic mass is 32.1. The second kappa shape index (κ2) is 16.4. The lowest BCUT2D eigenvalue weighted by Crippen LogP contribution is -2.03. The molecule has 3 heterocycles. The van der Waals surface area contributed by atoms with Crippen molar-refractivity contribution in [2.45, 2.75) is 78.1 Å². The third-order valence-corrected chi connectivity index (χ3v) is 11.9. The maximum Gasteiger partial charge on any atom is 0.431 e. The molecule has 0 bridgehead atoms. The third-order valence-electron chi connectivity index (χ3n) is 9.33. The lowest BCUT2D eigenvalue weighted by molar-refractivity contribution is 0.206. The van der Waals surface area contributed by atoms with Gasteiger partial charge >= 0.3 is 6.09 Å². The van der Waals surface area contributed by atoms with Crippen molar-refractivity contribution in [1.29, 1.82) is 0 Å².